The van der Waals surface area contributed by atoms with E-state index in [2.05, 4.69) is 18.3 Å². The molecule has 0 radical (unpaired) electrons. The van der Waals surface area contributed by atoms with Gasteiger partial charge in [0.05, 0.1) is 0 Å². The maximum Gasteiger partial charge on any atom is 0.245 e. The second kappa shape index (κ2) is 5.62. The fraction of sp³-hybridized carbons (Fsp3) is 0.583. The van der Waals surface area contributed by atoms with Crippen LogP contribution in [0, 0.1) is 0 Å². The quantitative estimate of drug-likeness (QED) is 0.835. The van der Waals surface area contributed by atoms with Crippen LogP contribution in [0.25, 0.3) is 0 Å². The molecule has 4 nitrogen and oxygen atoms in total. The van der Waals surface area contributed by atoms with Gasteiger partial charge in [0.15, 0.2) is 0 Å². The number of nitrogens with zero attached hydrogens (tertiary/aromatic N) is 1. The molecule has 0 bridgehead atoms. The third-order valence-electron chi connectivity index (χ3n) is 3.03. The maximum absolute atomic E-state index is 12.2. The third-order valence-corrected chi connectivity index (χ3v) is 4.34. The van der Waals surface area contributed by atoms with Gasteiger partial charge in [-0.05, 0) is 18.6 Å². The molecule has 0 aromatic carbocycles. The van der Waals surface area contributed by atoms with Crippen molar-refractivity contribution in [2.24, 2.45) is 5.73 Å². The van der Waals surface area contributed by atoms with Crippen LogP contribution in [0.5, 0.6) is 0 Å². The number of piperazine rings is 1. The van der Waals surface area contributed by atoms with Crippen molar-refractivity contribution in [3.63, 3.8) is 0 Å². The molecule has 17 heavy (non-hydrogen) atoms. The Labute approximate surface area is 106 Å². The number of rotatable bonds is 3. The standard InChI is InChI=1S/C12H19N3OS/c1-2-9-3-4-10(17-9)11(13)12(16)15-7-5-14-6-8-15/h3-4,11,14H,2,5-8,13H2,1H3. The Morgan fingerprint density at radius 1 is 1.53 bits per heavy atom. The van der Waals surface area contributed by atoms with Crippen LogP contribution in [0.15, 0.2) is 12.1 Å². The van der Waals surface area contributed by atoms with Gasteiger partial charge in [-0.3, -0.25) is 4.79 Å². The predicted molar refractivity (Wildman–Crippen MR) is 70.1 cm³/mol. The summed E-state index contributed by atoms with van der Waals surface area (Å²) < 4.78 is 0. The average Bonchev–Trinajstić information content (AvgIpc) is 2.87. The molecule has 5 heteroatoms. The van der Waals surface area contributed by atoms with Gasteiger partial charge in [-0.25, -0.2) is 0 Å². The zero-order chi connectivity index (χ0) is 12.3. The van der Waals surface area contributed by atoms with Crippen molar-refractivity contribution >= 4 is 17.2 Å². The fourth-order valence-electron chi connectivity index (χ4n) is 1.96. The number of nitrogens with one attached hydrogen (secondary N) is 1. The minimum Gasteiger partial charge on any atom is -0.338 e. The minimum atomic E-state index is -0.488. The molecule has 1 saturated heterocycles. The Bertz CT molecular complexity index is 385. The van der Waals surface area contributed by atoms with E-state index in [1.165, 1.54) is 4.88 Å². The Hall–Kier alpha value is -0.910. The van der Waals surface area contributed by atoms with Gasteiger partial charge in [-0.15, -0.1) is 11.3 Å². The lowest BCUT2D eigenvalue weighted by atomic mass is 10.2. The van der Waals surface area contributed by atoms with E-state index >= 15 is 0 Å². The van der Waals surface area contributed by atoms with Crippen molar-refractivity contribution in [3.8, 4) is 0 Å². The van der Waals surface area contributed by atoms with E-state index in [-0.39, 0.29) is 5.91 Å². The molecular formula is C12H19N3OS. The first-order valence-electron chi connectivity index (χ1n) is 6.06. The van der Waals surface area contributed by atoms with Crippen molar-refractivity contribution in [2.75, 3.05) is 26.2 Å². The summed E-state index contributed by atoms with van der Waals surface area (Å²) in [5.41, 5.74) is 6.04. The van der Waals surface area contributed by atoms with Gasteiger partial charge in [0.25, 0.3) is 0 Å². The van der Waals surface area contributed by atoms with Crippen molar-refractivity contribution < 1.29 is 4.79 Å². The average molecular weight is 253 g/mol. The zero-order valence-electron chi connectivity index (χ0n) is 10.1. The minimum absolute atomic E-state index is 0.0519. The number of carbonyl (C=O) groups excluding carboxylic acids is 1. The van der Waals surface area contributed by atoms with Gasteiger partial charge in [0.1, 0.15) is 6.04 Å². The van der Waals surface area contributed by atoms with Gasteiger partial charge in [0, 0.05) is 35.9 Å². The number of nitrogens with two attached hydrogens (primary N) is 1. The normalized spacial score (nSPS) is 18.1. The summed E-state index contributed by atoms with van der Waals surface area (Å²) >= 11 is 1.65. The largest absolute Gasteiger partial charge is 0.338 e. The van der Waals surface area contributed by atoms with Crippen LogP contribution >= 0.6 is 11.3 Å². The molecule has 2 rings (SSSR count). The third kappa shape index (κ3) is 2.86. The SMILES string of the molecule is CCc1ccc(C(N)C(=O)N2CCNCC2)s1. The van der Waals surface area contributed by atoms with Crippen LogP contribution in [-0.2, 0) is 11.2 Å². The molecular weight excluding hydrogens is 234 g/mol. The molecule has 0 spiro atoms. The first-order chi connectivity index (χ1) is 8.22. The first-order valence-corrected chi connectivity index (χ1v) is 6.87. The Balaban J connectivity index is 2.02. The van der Waals surface area contributed by atoms with Crippen LogP contribution in [0.2, 0.25) is 0 Å². The number of hydrogen-bond acceptors (Lipinski definition) is 4. The highest BCUT2D eigenvalue weighted by atomic mass is 32.1. The lowest BCUT2D eigenvalue weighted by Gasteiger charge is -2.29. The molecule has 1 aliphatic rings. The zero-order valence-corrected chi connectivity index (χ0v) is 10.9. The Morgan fingerprint density at radius 2 is 2.24 bits per heavy atom. The van der Waals surface area contributed by atoms with E-state index in [4.69, 9.17) is 5.73 Å². The lowest BCUT2D eigenvalue weighted by Crippen LogP contribution is -2.49. The van der Waals surface area contributed by atoms with Gasteiger partial charge >= 0.3 is 0 Å². The molecule has 1 aromatic heterocycles. The number of aryl methyl sites for hydroxylation is 1. The summed E-state index contributed by atoms with van der Waals surface area (Å²) in [5, 5.41) is 3.23. The predicted octanol–water partition coefficient (Wildman–Crippen LogP) is 0.742. The van der Waals surface area contributed by atoms with Crippen molar-refractivity contribution in [3.05, 3.63) is 21.9 Å². The van der Waals surface area contributed by atoms with E-state index in [0.717, 1.165) is 37.5 Å². The molecule has 94 valence electrons. The molecule has 1 amide bonds. The first kappa shape index (κ1) is 12.5. The number of hydrogen-bond donors (Lipinski definition) is 2. The van der Waals surface area contributed by atoms with E-state index in [0.29, 0.717) is 0 Å². The molecule has 1 aromatic rings. The van der Waals surface area contributed by atoms with Gasteiger partial charge < -0.3 is 16.0 Å². The molecule has 1 atom stereocenters. The second-order valence-electron chi connectivity index (χ2n) is 4.21. The molecule has 3 N–H and O–H groups in total. The smallest absolute Gasteiger partial charge is 0.245 e. The van der Waals surface area contributed by atoms with Gasteiger partial charge in [-0.1, -0.05) is 6.92 Å². The highest BCUT2D eigenvalue weighted by Gasteiger charge is 2.24. The number of amides is 1. The topological polar surface area (TPSA) is 58.4 Å². The summed E-state index contributed by atoms with van der Waals surface area (Å²) in [6.45, 7) is 5.36. The molecule has 1 unspecified atom stereocenters. The molecule has 1 fully saturated rings. The molecule has 0 saturated carbocycles. The van der Waals surface area contributed by atoms with Crippen LogP contribution < -0.4 is 11.1 Å². The number of carbonyl (C=O) groups is 1. The van der Waals surface area contributed by atoms with Crippen LogP contribution in [-0.4, -0.2) is 37.0 Å². The highest BCUT2D eigenvalue weighted by molar-refractivity contribution is 7.12. The monoisotopic (exact) mass is 253 g/mol. The highest BCUT2D eigenvalue weighted by Crippen LogP contribution is 2.23. The van der Waals surface area contributed by atoms with Crippen molar-refractivity contribution in [1.29, 1.82) is 0 Å². The lowest BCUT2D eigenvalue weighted by molar-refractivity contribution is -0.133. The Kier molecular flexibility index (Phi) is 4.15. The summed E-state index contributed by atoms with van der Waals surface area (Å²) in [7, 11) is 0. The van der Waals surface area contributed by atoms with Crippen LogP contribution in [0.3, 0.4) is 0 Å². The fourth-order valence-corrected chi connectivity index (χ4v) is 2.90. The maximum atomic E-state index is 12.2. The van der Waals surface area contributed by atoms with E-state index in [1.807, 2.05) is 11.0 Å². The number of thiophene rings is 1. The van der Waals surface area contributed by atoms with E-state index in [9.17, 15) is 4.79 Å². The van der Waals surface area contributed by atoms with Crippen molar-refractivity contribution in [1.82, 2.24) is 10.2 Å². The molecule has 2 heterocycles. The summed E-state index contributed by atoms with van der Waals surface area (Å²) in [4.78, 5) is 16.3. The van der Waals surface area contributed by atoms with Gasteiger partial charge in [0.2, 0.25) is 5.91 Å². The van der Waals surface area contributed by atoms with Crippen LogP contribution in [0.1, 0.15) is 22.7 Å². The summed E-state index contributed by atoms with van der Waals surface area (Å²) in [6, 6.07) is 3.55. The van der Waals surface area contributed by atoms with Crippen LogP contribution in [0.4, 0.5) is 0 Å². The Morgan fingerprint density at radius 3 is 2.82 bits per heavy atom. The molecule has 0 aliphatic carbocycles. The summed E-state index contributed by atoms with van der Waals surface area (Å²) in [5.74, 6) is 0.0519. The van der Waals surface area contributed by atoms with Crippen molar-refractivity contribution in [2.45, 2.75) is 19.4 Å². The molecule has 1 aliphatic heterocycles. The van der Waals surface area contributed by atoms with E-state index < -0.39 is 6.04 Å². The summed E-state index contributed by atoms with van der Waals surface area (Å²) in [6.07, 6.45) is 0.999. The van der Waals surface area contributed by atoms with E-state index in [1.54, 1.807) is 11.3 Å². The second-order valence-corrected chi connectivity index (χ2v) is 5.41. The van der Waals surface area contributed by atoms with Gasteiger partial charge in [-0.2, -0.15) is 0 Å².